The highest BCUT2D eigenvalue weighted by molar-refractivity contribution is 5.29. The van der Waals surface area contributed by atoms with Gasteiger partial charge in [0.25, 0.3) is 0 Å². The van der Waals surface area contributed by atoms with E-state index in [1.54, 1.807) is 0 Å². The van der Waals surface area contributed by atoms with Crippen molar-refractivity contribution in [2.45, 2.75) is 32.2 Å². The molecule has 0 amide bonds. The Bertz CT molecular complexity index is 361. The third kappa shape index (κ3) is 4.20. The maximum absolute atomic E-state index is 5.68. The molecule has 0 saturated carbocycles. The minimum Gasteiger partial charge on any atom is -0.494 e. The van der Waals surface area contributed by atoms with Crippen molar-refractivity contribution in [2.75, 3.05) is 19.8 Å². The Morgan fingerprint density at radius 3 is 2.79 bits per heavy atom. The van der Waals surface area contributed by atoms with Crippen molar-refractivity contribution >= 4 is 0 Å². The standard InChI is InChI=1S/C15H24N2O2/c1-2-8-19-14-5-3-13(4-6-14)15(17-16)10-12-7-9-18-11-12/h3-6,12,15,17H,2,7-11,16H2,1H3. The molecule has 106 valence electrons. The number of nitrogens with one attached hydrogen (secondary N) is 1. The van der Waals surface area contributed by atoms with E-state index in [2.05, 4.69) is 24.5 Å². The molecular formula is C15H24N2O2. The van der Waals surface area contributed by atoms with E-state index in [0.717, 1.165) is 44.8 Å². The number of ether oxygens (including phenoxy) is 2. The molecular weight excluding hydrogens is 240 g/mol. The highest BCUT2D eigenvalue weighted by Gasteiger charge is 2.21. The lowest BCUT2D eigenvalue weighted by molar-refractivity contribution is 0.181. The van der Waals surface area contributed by atoms with Crippen molar-refractivity contribution in [2.24, 2.45) is 11.8 Å². The Kier molecular flexibility index (Phi) is 5.63. The number of hydrogen-bond acceptors (Lipinski definition) is 4. The van der Waals surface area contributed by atoms with Crippen LogP contribution in [-0.2, 0) is 4.74 Å². The van der Waals surface area contributed by atoms with Crippen LogP contribution in [0.25, 0.3) is 0 Å². The van der Waals surface area contributed by atoms with Crippen LogP contribution in [0, 0.1) is 5.92 Å². The first-order chi connectivity index (χ1) is 9.33. The Morgan fingerprint density at radius 2 is 2.21 bits per heavy atom. The highest BCUT2D eigenvalue weighted by atomic mass is 16.5. The average Bonchev–Trinajstić information content (AvgIpc) is 2.96. The van der Waals surface area contributed by atoms with E-state index >= 15 is 0 Å². The Balaban J connectivity index is 1.93. The molecule has 2 atom stereocenters. The second-order valence-corrected chi connectivity index (χ2v) is 5.10. The fourth-order valence-electron chi connectivity index (χ4n) is 2.42. The molecule has 2 unspecified atom stereocenters. The molecule has 4 nitrogen and oxygen atoms in total. The van der Waals surface area contributed by atoms with E-state index in [4.69, 9.17) is 15.3 Å². The summed E-state index contributed by atoms with van der Waals surface area (Å²) < 4.78 is 11.0. The van der Waals surface area contributed by atoms with Crippen LogP contribution < -0.4 is 16.0 Å². The zero-order valence-electron chi connectivity index (χ0n) is 11.6. The quantitative estimate of drug-likeness (QED) is 0.586. The fraction of sp³-hybridized carbons (Fsp3) is 0.600. The first-order valence-corrected chi connectivity index (χ1v) is 7.10. The maximum Gasteiger partial charge on any atom is 0.119 e. The van der Waals surface area contributed by atoms with Gasteiger partial charge in [-0.2, -0.15) is 0 Å². The number of hydrazine groups is 1. The summed E-state index contributed by atoms with van der Waals surface area (Å²) in [4.78, 5) is 0. The van der Waals surface area contributed by atoms with Crippen LogP contribution in [0.3, 0.4) is 0 Å². The smallest absolute Gasteiger partial charge is 0.119 e. The summed E-state index contributed by atoms with van der Waals surface area (Å²) in [5.74, 6) is 7.21. The number of rotatable bonds is 7. The van der Waals surface area contributed by atoms with E-state index in [9.17, 15) is 0 Å². The van der Waals surface area contributed by atoms with Gasteiger partial charge in [-0.15, -0.1) is 0 Å². The lowest BCUT2D eigenvalue weighted by Gasteiger charge is -2.19. The largest absolute Gasteiger partial charge is 0.494 e. The summed E-state index contributed by atoms with van der Waals surface area (Å²) in [6, 6.07) is 8.39. The van der Waals surface area contributed by atoms with Crippen LogP contribution in [0.4, 0.5) is 0 Å². The van der Waals surface area contributed by atoms with Crippen molar-refractivity contribution in [3.05, 3.63) is 29.8 Å². The first kappa shape index (κ1) is 14.3. The second-order valence-electron chi connectivity index (χ2n) is 5.10. The highest BCUT2D eigenvalue weighted by Crippen LogP contribution is 2.27. The molecule has 0 spiro atoms. The molecule has 19 heavy (non-hydrogen) atoms. The van der Waals surface area contributed by atoms with Gasteiger partial charge >= 0.3 is 0 Å². The zero-order valence-corrected chi connectivity index (χ0v) is 11.6. The molecule has 1 aliphatic heterocycles. The maximum atomic E-state index is 5.68. The van der Waals surface area contributed by atoms with Crippen molar-refractivity contribution in [3.8, 4) is 5.75 Å². The minimum atomic E-state index is 0.187. The number of hydrogen-bond donors (Lipinski definition) is 2. The zero-order chi connectivity index (χ0) is 13.5. The predicted molar refractivity (Wildman–Crippen MR) is 75.8 cm³/mol. The summed E-state index contributed by atoms with van der Waals surface area (Å²) in [5, 5.41) is 0. The second kappa shape index (κ2) is 7.48. The van der Waals surface area contributed by atoms with Crippen LogP contribution in [-0.4, -0.2) is 19.8 Å². The molecule has 0 aliphatic carbocycles. The van der Waals surface area contributed by atoms with Crippen LogP contribution in [0.1, 0.15) is 37.8 Å². The topological polar surface area (TPSA) is 56.5 Å². The molecule has 0 radical (unpaired) electrons. The van der Waals surface area contributed by atoms with Gasteiger partial charge in [0.05, 0.1) is 6.61 Å². The van der Waals surface area contributed by atoms with Gasteiger partial charge in [0.2, 0.25) is 0 Å². The Morgan fingerprint density at radius 1 is 1.42 bits per heavy atom. The Hall–Kier alpha value is -1.10. The molecule has 3 N–H and O–H groups in total. The fourth-order valence-corrected chi connectivity index (χ4v) is 2.42. The summed E-state index contributed by atoms with van der Waals surface area (Å²) in [6.45, 7) is 4.60. The van der Waals surface area contributed by atoms with Crippen molar-refractivity contribution in [1.29, 1.82) is 0 Å². The minimum absolute atomic E-state index is 0.187. The van der Waals surface area contributed by atoms with Gasteiger partial charge in [-0.3, -0.25) is 11.3 Å². The van der Waals surface area contributed by atoms with Crippen LogP contribution >= 0.6 is 0 Å². The third-order valence-corrected chi connectivity index (χ3v) is 3.55. The number of nitrogens with two attached hydrogens (primary N) is 1. The summed E-state index contributed by atoms with van der Waals surface area (Å²) in [5.41, 5.74) is 4.12. The van der Waals surface area contributed by atoms with E-state index in [-0.39, 0.29) is 6.04 Å². The van der Waals surface area contributed by atoms with E-state index < -0.39 is 0 Å². The average molecular weight is 264 g/mol. The SMILES string of the molecule is CCCOc1ccc(C(CC2CCOC2)NN)cc1. The molecule has 1 saturated heterocycles. The lowest BCUT2D eigenvalue weighted by Crippen LogP contribution is -2.29. The lowest BCUT2D eigenvalue weighted by atomic mass is 9.94. The summed E-state index contributed by atoms with van der Waals surface area (Å²) in [7, 11) is 0. The van der Waals surface area contributed by atoms with Gasteiger partial charge < -0.3 is 9.47 Å². The summed E-state index contributed by atoms with van der Waals surface area (Å²) in [6.07, 6.45) is 3.18. The first-order valence-electron chi connectivity index (χ1n) is 7.10. The van der Waals surface area contributed by atoms with Gasteiger partial charge in [0.1, 0.15) is 5.75 Å². The molecule has 1 heterocycles. The van der Waals surface area contributed by atoms with Crippen LogP contribution in [0.5, 0.6) is 5.75 Å². The molecule has 1 fully saturated rings. The van der Waals surface area contributed by atoms with E-state index in [1.807, 2.05) is 12.1 Å². The molecule has 0 bridgehead atoms. The van der Waals surface area contributed by atoms with Crippen molar-refractivity contribution in [3.63, 3.8) is 0 Å². The van der Waals surface area contributed by atoms with Crippen molar-refractivity contribution < 1.29 is 9.47 Å². The third-order valence-electron chi connectivity index (χ3n) is 3.55. The molecule has 1 aromatic rings. The van der Waals surface area contributed by atoms with Crippen LogP contribution in [0.2, 0.25) is 0 Å². The normalized spacial score (nSPS) is 20.4. The Labute approximate surface area is 115 Å². The van der Waals surface area contributed by atoms with E-state index in [1.165, 1.54) is 5.56 Å². The van der Waals surface area contributed by atoms with Gasteiger partial charge in [-0.25, -0.2) is 0 Å². The number of benzene rings is 1. The van der Waals surface area contributed by atoms with Gasteiger partial charge in [0.15, 0.2) is 0 Å². The van der Waals surface area contributed by atoms with Gasteiger partial charge in [-0.1, -0.05) is 19.1 Å². The molecule has 2 rings (SSSR count). The van der Waals surface area contributed by atoms with Crippen molar-refractivity contribution in [1.82, 2.24) is 5.43 Å². The summed E-state index contributed by atoms with van der Waals surface area (Å²) >= 11 is 0. The van der Waals surface area contributed by atoms with Crippen LogP contribution in [0.15, 0.2) is 24.3 Å². The predicted octanol–water partition coefficient (Wildman–Crippen LogP) is 2.41. The van der Waals surface area contributed by atoms with Gasteiger partial charge in [0, 0.05) is 19.3 Å². The van der Waals surface area contributed by atoms with E-state index in [0.29, 0.717) is 5.92 Å². The molecule has 1 aliphatic rings. The monoisotopic (exact) mass is 264 g/mol. The van der Waals surface area contributed by atoms with Gasteiger partial charge in [-0.05, 0) is 42.9 Å². The molecule has 4 heteroatoms. The molecule has 0 aromatic heterocycles. The molecule has 1 aromatic carbocycles.